The summed E-state index contributed by atoms with van der Waals surface area (Å²) in [6.07, 6.45) is -9.25. The fourth-order valence-electron chi connectivity index (χ4n) is 3.01. The van der Waals surface area contributed by atoms with Crippen LogP contribution in [0.25, 0.3) is 0 Å². The minimum atomic E-state index is -4.43. The lowest BCUT2D eigenvalue weighted by Gasteiger charge is -2.22. The third-order valence-electron chi connectivity index (χ3n) is 4.53. The molecule has 2 unspecified atom stereocenters. The van der Waals surface area contributed by atoms with E-state index in [1.54, 1.807) is 6.92 Å². The molecule has 0 bridgehead atoms. The van der Waals surface area contributed by atoms with E-state index in [0.717, 1.165) is 0 Å². The topological polar surface area (TPSA) is 42.5 Å². The summed E-state index contributed by atoms with van der Waals surface area (Å²) in [6, 6.07) is 7.25. The quantitative estimate of drug-likeness (QED) is 0.390. The molecular formula is C21H24F6N2O2. The van der Waals surface area contributed by atoms with Crippen LogP contribution in [-0.2, 0) is 0 Å². The maximum atomic E-state index is 13.0. The highest BCUT2D eigenvalue weighted by atomic mass is 19.4. The zero-order valence-electron chi connectivity index (χ0n) is 17.1. The molecule has 0 amide bonds. The van der Waals surface area contributed by atoms with Gasteiger partial charge in [-0.2, -0.15) is 26.3 Å². The molecule has 0 aliphatic carbocycles. The van der Waals surface area contributed by atoms with E-state index >= 15 is 0 Å². The number of nitrogens with one attached hydrogen (secondary N) is 2. The van der Waals surface area contributed by atoms with Crippen LogP contribution in [0.4, 0.5) is 26.3 Å². The van der Waals surface area contributed by atoms with Gasteiger partial charge in [0.05, 0.1) is 0 Å². The molecule has 2 atom stereocenters. The second-order valence-electron chi connectivity index (χ2n) is 6.74. The van der Waals surface area contributed by atoms with Crippen molar-refractivity contribution < 1.29 is 35.8 Å². The van der Waals surface area contributed by atoms with Crippen LogP contribution in [-0.4, -0.2) is 32.7 Å². The fraction of sp³-hybridized carbons (Fsp3) is 0.429. The van der Waals surface area contributed by atoms with Gasteiger partial charge in [0, 0.05) is 6.42 Å². The van der Waals surface area contributed by atoms with Crippen molar-refractivity contribution in [2.24, 2.45) is 0 Å². The third kappa shape index (κ3) is 6.76. The van der Waals surface area contributed by atoms with E-state index in [1.807, 2.05) is 0 Å². The van der Waals surface area contributed by atoms with Gasteiger partial charge in [-0.1, -0.05) is 31.2 Å². The molecule has 0 saturated carbocycles. The van der Waals surface area contributed by atoms with Crippen LogP contribution >= 0.6 is 0 Å². The van der Waals surface area contributed by atoms with Crippen LogP contribution in [0.2, 0.25) is 0 Å². The first-order valence-corrected chi connectivity index (χ1v) is 9.50. The number of hydrogen-bond acceptors (Lipinski definition) is 4. The second kappa shape index (κ2) is 10.2. The highest BCUT2D eigenvalue weighted by Gasteiger charge is 2.40. The Balaban J connectivity index is 2.05. The van der Waals surface area contributed by atoms with Crippen molar-refractivity contribution in [2.75, 3.05) is 14.1 Å². The van der Waals surface area contributed by atoms with Crippen molar-refractivity contribution in [3.8, 4) is 11.5 Å². The van der Waals surface area contributed by atoms with Crippen LogP contribution in [0.1, 0.15) is 36.6 Å². The Kier molecular flexibility index (Phi) is 8.19. The average Bonchev–Trinajstić information content (AvgIpc) is 2.69. The standard InChI is InChI=1S/C21H24F6N2O2/c1-4-17(30-15-9-5-13(6-10-15)18(28-2)20(22,23)24)31-16-11-7-14(8-12-16)19(29-3)21(25,26)27/h5-12,17-19,28-29H,4H2,1-3H3. The molecule has 2 aromatic carbocycles. The highest BCUT2D eigenvalue weighted by molar-refractivity contribution is 5.31. The van der Waals surface area contributed by atoms with Crippen molar-refractivity contribution in [3.63, 3.8) is 0 Å². The molecule has 0 aromatic heterocycles. The Hall–Kier alpha value is -2.46. The van der Waals surface area contributed by atoms with Crippen molar-refractivity contribution >= 4 is 0 Å². The van der Waals surface area contributed by atoms with Gasteiger partial charge in [-0.15, -0.1) is 0 Å². The number of alkyl halides is 6. The number of rotatable bonds is 9. The lowest BCUT2D eigenvalue weighted by atomic mass is 10.1. The van der Waals surface area contributed by atoms with Gasteiger partial charge in [0.2, 0.25) is 6.29 Å². The van der Waals surface area contributed by atoms with Gasteiger partial charge in [0.1, 0.15) is 23.6 Å². The second-order valence-corrected chi connectivity index (χ2v) is 6.74. The summed E-state index contributed by atoms with van der Waals surface area (Å²) in [7, 11) is 2.45. The molecule has 172 valence electrons. The van der Waals surface area contributed by atoms with E-state index in [9.17, 15) is 26.3 Å². The van der Waals surface area contributed by atoms with Crippen molar-refractivity contribution in [3.05, 3.63) is 59.7 Å². The number of benzene rings is 2. The predicted octanol–water partition coefficient (Wildman–Crippen LogP) is 5.53. The first kappa shape index (κ1) is 24.8. The first-order chi connectivity index (χ1) is 14.5. The van der Waals surface area contributed by atoms with Crippen LogP contribution in [0.3, 0.4) is 0 Å². The lowest BCUT2D eigenvalue weighted by Crippen LogP contribution is -2.31. The first-order valence-electron chi connectivity index (χ1n) is 9.50. The fourth-order valence-corrected chi connectivity index (χ4v) is 3.01. The number of ether oxygens (including phenoxy) is 2. The van der Waals surface area contributed by atoms with Gasteiger partial charge in [-0.3, -0.25) is 0 Å². The van der Waals surface area contributed by atoms with Gasteiger partial charge < -0.3 is 20.1 Å². The normalized spacial score (nSPS) is 15.3. The van der Waals surface area contributed by atoms with Gasteiger partial charge in [0.25, 0.3) is 0 Å². The molecule has 2 rings (SSSR count). The number of hydrogen-bond donors (Lipinski definition) is 2. The predicted molar refractivity (Wildman–Crippen MR) is 104 cm³/mol. The van der Waals surface area contributed by atoms with Crippen LogP contribution in [0.15, 0.2) is 48.5 Å². The average molecular weight is 450 g/mol. The van der Waals surface area contributed by atoms with Crippen molar-refractivity contribution in [1.82, 2.24) is 10.6 Å². The molecule has 31 heavy (non-hydrogen) atoms. The summed E-state index contributed by atoms with van der Waals surface area (Å²) < 4.78 is 89.3. The van der Waals surface area contributed by atoms with Gasteiger partial charge >= 0.3 is 12.4 Å². The SMILES string of the molecule is CCC(Oc1ccc(C(NC)C(F)(F)F)cc1)Oc1ccc(C(NC)C(F)(F)F)cc1. The summed E-state index contributed by atoms with van der Waals surface area (Å²) in [5.41, 5.74) is 0.0753. The maximum Gasteiger partial charge on any atom is 0.407 e. The van der Waals surface area contributed by atoms with Gasteiger partial charge in [-0.25, -0.2) is 0 Å². The Morgan fingerprint density at radius 3 is 1.23 bits per heavy atom. The Morgan fingerprint density at radius 1 is 0.677 bits per heavy atom. The molecule has 10 heteroatoms. The molecular weight excluding hydrogens is 426 g/mol. The zero-order chi connectivity index (χ0) is 23.2. The molecule has 0 radical (unpaired) electrons. The van der Waals surface area contributed by atoms with E-state index in [1.165, 1.54) is 62.6 Å². The number of halogens is 6. The van der Waals surface area contributed by atoms with Gasteiger partial charge in [0.15, 0.2) is 0 Å². The van der Waals surface area contributed by atoms with E-state index in [0.29, 0.717) is 17.9 Å². The molecule has 0 spiro atoms. The Morgan fingerprint density at radius 2 is 1.00 bits per heavy atom. The summed E-state index contributed by atoms with van der Waals surface area (Å²) in [6.45, 7) is 1.77. The maximum absolute atomic E-state index is 13.0. The molecule has 0 saturated heterocycles. The molecule has 0 aliphatic rings. The van der Waals surface area contributed by atoms with E-state index in [2.05, 4.69) is 10.6 Å². The summed E-state index contributed by atoms with van der Waals surface area (Å²) in [4.78, 5) is 0. The Bertz CT molecular complexity index is 739. The molecule has 0 heterocycles. The lowest BCUT2D eigenvalue weighted by molar-refractivity contribution is -0.157. The summed E-state index contributed by atoms with van der Waals surface area (Å²) in [5, 5.41) is 4.45. The minimum absolute atomic E-state index is 0.0376. The molecule has 4 nitrogen and oxygen atoms in total. The largest absolute Gasteiger partial charge is 0.455 e. The van der Waals surface area contributed by atoms with Crippen molar-refractivity contribution in [1.29, 1.82) is 0 Å². The zero-order valence-corrected chi connectivity index (χ0v) is 17.1. The van der Waals surface area contributed by atoms with Crippen LogP contribution in [0, 0.1) is 0 Å². The minimum Gasteiger partial charge on any atom is -0.455 e. The smallest absolute Gasteiger partial charge is 0.407 e. The summed E-state index contributed by atoms with van der Waals surface area (Å²) >= 11 is 0. The summed E-state index contributed by atoms with van der Waals surface area (Å²) in [5.74, 6) is 0.605. The Labute approximate surface area is 176 Å². The van der Waals surface area contributed by atoms with Crippen molar-refractivity contribution in [2.45, 2.75) is 44.1 Å². The highest BCUT2D eigenvalue weighted by Crippen LogP contribution is 2.34. The molecule has 2 aromatic rings. The van der Waals surface area contributed by atoms with Crippen LogP contribution < -0.4 is 20.1 Å². The third-order valence-corrected chi connectivity index (χ3v) is 4.53. The van der Waals surface area contributed by atoms with Gasteiger partial charge in [-0.05, 0) is 49.5 Å². The van der Waals surface area contributed by atoms with E-state index < -0.39 is 30.7 Å². The molecule has 0 fully saturated rings. The van der Waals surface area contributed by atoms with Crippen LogP contribution in [0.5, 0.6) is 11.5 Å². The molecule has 0 aliphatic heterocycles. The monoisotopic (exact) mass is 450 g/mol. The van der Waals surface area contributed by atoms with E-state index in [-0.39, 0.29) is 11.1 Å². The van der Waals surface area contributed by atoms with E-state index in [4.69, 9.17) is 9.47 Å². The molecule has 2 N–H and O–H groups in total.